The molecule has 2 aromatic rings. The summed E-state index contributed by atoms with van der Waals surface area (Å²) >= 11 is 0. The van der Waals surface area contributed by atoms with Crippen LogP contribution in [-0.4, -0.2) is 27.4 Å². The summed E-state index contributed by atoms with van der Waals surface area (Å²) in [6, 6.07) is 12.5. The zero-order chi connectivity index (χ0) is 13.5. The van der Waals surface area contributed by atoms with Crippen molar-refractivity contribution in [3.8, 4) is 5.75 Å². The predicted molar refractivity (Wildman–Crippen MR) is 78.7 cm³/mol. The molecule has 19 heavy (non-hydrogen) atoms. The largest absolute Gasteiger partial charge is 0.496 e. The van der Waals surface area contributed by atoms with Crippen LogP contribution in [0.15, 0.2) is 36.4 Å². The fraction of sp³-hybridized carbons (Fsp3) is 0.375. The van der Waals surface area contributed by atoms with Gasteiger partial charge in [-0.2, -0.15) is 0 Å². The van der Waals surface area contributed by atoms with Gasteiger partial charge in [0, 0.05) is 25.6 Å². The highest BCUT2D eigenvalue weighted by molar-refractivity contribution is 5.91. The molecule has 0 atom stereocenters. The number of hydrogen-bond donors (Lipinski definition) is 1. The van der Waals surface area contributed by atoms with E-state index in [1.54, 1.807) is 14.2 Å². The van der Waals surface area contributed by atoms with Gasteiger partial charge in [0.2, 0.25) is 0 Å². The Morgan fingerprint density at radius 1 is 1.00 bits per heavy atom. The molecule has 0 bridgehead atoms. The number of nitrogens with one attached hydrogen (secondary N) is 1. The highest BCUT2D eigenvalue weighted by atomic mass is 16.5. The van der Waals surface area contributed by atoms with Crippen molar-refractivity contribution in [2.45, 2.75) is 13.0 Å². The van der Waals surface area contributed by atoms with Crippen molar-refractivity contribution in [3.63, 3.8) is 0 Å². The lowest BCUT2D eigenvalue weighted by molar-refractivity contribution is 0.194. The number of ether oxygens (including phenoxy) is 2. The zero-order valence-corrected chi connectivity index (χ0v) is 11.6. The first-order valence-electron chi connectivity index (χ1n) is 6.61. The number of benzene rings is 2. The quantitative estimate of drug-likeness (QED) is 0.775. The molecule has 0 amide bonds. The van der Waals surface area contributed by atoms with Gasteiger partial charge in [0.05, 0.1) is 7.11 Å². The van der Waals surface area contributed by atoms with Crippen molar-refractivity contribution in [2.75, 3.05) is 27.4 Å². The van der Waals surface area contributed by atoms with E-state index in [0.29, 0.717) is 0 Å². The summed E-state index contributed by atoms with van der Waals surface area (Å²) < 4.78 is 10.4. The van der Waals surface area contributed by atoms with Crippen LogP contribution in [0.25, 0.3) is 10.8 Å². The lowest BCUT2D eigenvalue weighted by Gasteiger charge is -2.11. The zero-order valence-electron chi connectivity index (χ0n) is 11.6. The summed E-state index contributed by atoms with van der Waals surface area (Å²) in [5, 5.41) is 5.86. The van der Waals surface area contributed by atoms with Crippen molar-refractivity contribution in [2.24, 2.45) is 0 Å². The Morgan fingerprint density at radius 3 is 2.53 bits per heavy atom. The smallest absolute Gasteiger partial charge is 0.126 e. The standard InChI is InChI=1S/C16H21NO2/c1-18-11-5-10-17-12-13-8-9-16(19-2)15-7-4-3-6-14(13)15/h3-4,6-9,17H,5,10-12H2,1-2H3. The van der Waals surface area contributed by atoms with Gasteiger partial charge in [-0.05, 0) is 30.0 Å². The van der Waals surface area contributed by atoms with Gasteiger partial charge in [0.25, 0.3) is 0 Å². The third-order valence-corrected chi connectivity index (χ3v) is 3.21. The van der Waals surface area contributed by atoms with Gasteiger partial charge < -0.3 is 14.8 Å². The minimum Gasteiger partial charge on any atom is -0.496 e. The third-order valence-electron chi connectivity index (χ3n) is 3.21. The topological polar surface area (TPSA) is 30.5 Å². The van der Waals surface area contributed by atoms with Crippen LogP contribution in [-0.2, 0) is 11.3 Å². The van der Waals surface area contributed by atoms with Gasteiger partial charge in [0.15, 0.2) is 0 Å². The fourth-order valence-corrected chi connectivity index (χ4v) is 2.23. The molecule has 0 saturated heterocycles. The first-order chi connectivity index (χ1) is 9.36. The van der Waals surface area contributed by atoms with Gasteiger partial charge in [-0.25, -0.2) is 0 Å². The van der Waals surface area contributed by atoms with E-state index in [1.807, 2.05) is 12.1 Å². The second kappa shape index (κ2) is 7.12. The van der Waals surface area contributed by atoms with E-state index >= 15 is 0 Å². The molecule has 0 aliphatic heterocycles. The average Bonchev–Trinajstić information content (AvgIpc) is 2.47. The van der Waals surface area contributed by atoms with Crippen LogP contribution in [0.1, 0.15) is 12.0 Å². The first-order valence-corrected chi connectivity index (χ1v) is 6.61. The molecular weight excluding hydrogens is 238 g/mol. The molecule has 3 heteroatoms. The van der Waals surface area contributed by atoms with Crippen LogP contribution >= 0.6 is 0 Å². The van der Waals surface area contributed by atoms with E-state index < -0.39 is 0 Å². The molecule has 0 saturated carbocycles. The maximum atomic E-state index is 5.40. The minimum atomic E-state index is 0.802. The summed E-state index contributed by atoms with van der Waals surface area (Å²) in [5.74, 6) is 0.929. The maximum absolute atomic E-state index is 5.40. The average molecular weight is 259 g/mol. The molecule has 0 aliphatic rings. The highest BCUT2D eigenvalue weighted by Gasteiger charge is 2.05. The number of rotatable bonds is 7. The van der Waals surface area contributed by atoms with Crippen molar-refractivity contribution in [1.82, 2.24) is 5.32 Å². The number of hydrogen-bond acceptors (Lipinski definition) is 3. The number of methoxy groups -OCH3 is 2. The molecule has 0 radical (unpaired) electrons. The van der Waals surface area contributed by atoms with E-state index in [1.165, 1.54) is 16.3 Å². The molecule has 2 rings (SSSR count). The van der Waals surface area contributed by atoms with Crippen LogP contribution in [0, 0.1) is 0 Å². The SMILES string of the molecule is COCCCNCc1ccc(OC)c2ccccc12. The summed E-state index contributed by atoms with van der Waals surface area (Å²) in [4.78, 5) is 0. The van der Waals surface area contributed by atoms with E-state index in [-0.39, 0.29) is 0 Å². The monoisotopic (exact) mass is 259 g/mol. The summed E-state index contributed by atoms with van der Waals surface area (Å²) in [7, 11) is 3.45. The second-order valence-corrected chi connectivity index (χ2v) is 4.50. The summed E-state index contributed by atoms with van der Waals surface area (Å²) in [6.45, 7) is 2.64. The Labute approximate surface area is 114 Å². The molecule has 1 N–H and O–H groups in total. The molecule has 2 aromatic carbocycles. The molecule has 0 aromatic heterocycles. The Bertz CT molecular complexity index is 525. The number of fused-ring (bicyclic) bond motifs is 1. The van der Waals surface area contributed by atoms with Crippen molar-refractivity contribution >= 4 is 10.8 Å². The van der Waals surface area contributed by atoms with Crippen LogP contribution in [0.5, 0.6) is 5.75 Å². The normalized spacial score (nSPS) is 10.8. The molecule has 0 aliphatic carbocycles. The molecule has 3 nitrogen and oxygen atoms in total. The van der Waals surface area contributed by atoms with Gasteiger partial charge in [-0.15, -0.1) is 0 Å². The van der Waals surface area contributed by atoms with Gasteiger partial charge in [0.1, 0.15) is 5.75 Å². The Morgan fingerprint density at radius 2 is 1.79 bits per heavy atom. The Hall–Kier alpha value is -1.58. The van der Waals surface area contributed by atoms with Gasteiger partial charge in [-0.1, -0.05) is 30.3 Å². The molecule has 102 valence electrons. The second-order valence-electron chi connectivity index (χ2n) is 4.50. The Kier molecular flexibility index (Phi) is 5.19. The molecular formula is C16H21NO2. The molecule has 0 heterocycles. The molecule has 0 fully saturated rings. The van der Waals surface area contributed by atoms with Crippen molar-refractivity contribution in [1.29, 1.82) is 0 Å². The van der Waals surface area contributed by atoms with E-state index in [4.69, 9.17) is 9.47 Å². The fourth-order valence-electron chi connectivity index (χ4n) is 2.23. The van der Waals surface area contributed by atoms with E-state index in [0.717, 1.165) is 31.9 Å². The van der Waals surface area contributed by atoms with Gasteiger partial charge in [-0.3, -0.25) is 0 Å². The van der Waals surface area contributed by atoms with Crippen LogP contribution < -0.4 is 10.1 Å². The molecule has 0 spiro atoms. The van der Waals surface area contributed by atoms with E-state index in [2.05, 4.69) is 29.6 Å². The van der Waals surface area contributed by atoms with Crippen LogP contribution in [0.3, 0.4) is 0 Å². The lowest BCUT2D eigenvalue weighted by atomic mass is 10.0. The minimum absolute atomic E-state index is 0.802. The Balaban J connectivity index is 2.11. The van der Waals surface area contributed by atoms with Crippen LogP contribution in [0.2, 0.25) is 0 Å². The molecule has 0 unspecified atom stereocenters. The maximum Gasteiger partial charge on any atom is 0.126 e. The van der Waals surface area contributed by atoms with E-state index in [9.17, 15) is 0 Å². The predicted octanol–water partition coefficient (Wildman–Crippen LogP) is 2.97. The lowest BCUT2D eigenvalue weighted by Crippen LogP contribution is -2.16. The summed E-state index contributed by atoms with van der Waals surface area (Å²) in [6.07, 6.45) is 1.03. The van der Waals surface area contributed by atoms with Crippen molar-refractivity contribution < 1.29 is 9.47 Å². The highest BCUT2D eigenvalue weighted by Crippen LogP contribution is 2.28. The van der Waals surface area contributed by atoms with Crippen LogP contribution in [0.4, 0.5) is 0 Å². The van der Waals surface area contributed by atoms with Crippen molar-refractivity contribution in [3.05, 3.63) is 42.0 Å². The summed E-state index contributed by atoms with van der Waals surface area (Å²) in [5.41, 5.74) is 1.30. The third kappa shape index (κ3) is 3.46. The first kappa shape index (κ1) is 13.8. The van der Waals surface area contributed by atoms with Gasteiger partial charge >= 0.3 is 0 Å².